The number of carbonyl (C=O) groups is 1. The van der Waals surface area contributed by atoms with Gasteiger partial charge in [0.05, 0.1) is 6.04 Å². The van der Waals surface area contributed by atoms with Gasteiger partial charge in [-0.15, -0.1) is 0 Å². The van der Waals surface area contributed by atoms with Crippen LogP contribution in [0.15, 0.2) is 74.3 Å². The first kappa shape index (κ1) is 16.6. The van der Waals surface area contributed by atoms with E-state index in [1.807, 2.05) is 24.3 Å². The lowest BCUT2D eigenvalue weighted by Crippen LogP contribution is -2.43. The third-order valence-electron chi connectivity index (χ3n) is 4.54. The molecule has 2 aromatic rings. The van der Waals surface area contributed by atoms with E-state index in [0.717, 1.165) is 38.6 Å². The Morgan fingerprint density at radius 3 is 2.52 bits per heavy atom. The zero-order chi connectivity index (χ0) is 17.4. The highest BCUT2D eigenvalue weighted by atomic mass is 79.9. The van der Waals surface area contributed by atoms with Crippen molar-refractivity contribution in [1.29, 1.82) is 0 Å². The molecule has 0 saturated heterocycles. The van der Waals surface area contributed by atoms with E-state index in [1.54, 1.807) is 0 Å². The smallest absolute Gasteiger partial charge is 0.319 e. The highest BCUT2D eigenvalue weighted by molar-refractivity contribution is 9.10. The van der Waals surface area contributed by atoms with E-state index in [2.05, 4.69) is 72.8 Å². The van der Waals surface area contributed by atoms with E-state index >= 15 is 0 Å². The van der Waals surface area contributed by atoms with Gasteiger partial charge < -0.3 is 10.6 Å². The molecule has 5 heteroatoms. The highest BCUT2D eigenvalue weighted by Crippen LogP contribution is 2.40. The number of amides is 2. The molecule has 0 radical (unpaired) electrons. The molecule has 0 fully saturated rings. The van der Waals surface area contributed by atoms with Crippen molar-refractivity contribution in [2.75, 3.05) is 0 Å². The van der Waals surface area contributed by atoms with Crippen molar-refractivity contribution in [3.63, 3.8) is 0 Å². The van der Waals surface area contributed by atoms with Gasteiger partial charge >= 0.3 is 6.03 Å². The van der Waals surface area contributed by atoms with Crippen LogP contribution in [0.25, 0.3) is 6.08 Å². The standard InChI is InChI=1S/C20H16Br2N2O/c21-15-5-1-3-12(10-15)9-14-7-8-17-18(23-20(25)24-19(14)17)13-4-2-6-16(22)11-13/h1-6,9-11,18H,7-8H2,(H2,23,24,25)/b14-9+. The molecule has 126 valence electrons. The first-order chi connectivity index (χ1) is 12.1. The van der Waals surface area contributed by atoms with Crippen LogP contribution in [0.1, 0.15) is 30.0 Å². The van der Waals surface area contributed by atoms with Crippen molar-refractivity contribution in [3.8, 4) is 0 Å². The maximum Gasteiger partial charge on any atom is 0.319 e. The molecular weight excluding hydrogens is 444 g/mol. The van der Waals surface area contributed by atoms with Crippen molar-refractivity contribution in [2.24, 2.45) is 0 Å². The fourth-order valence-electron chi connectivity index (χ4n) is 3.46. The predicted octanol–water partition coefficient (Wildman–Crippen LogP) is 5.70. The molecule has 2 amide bonds. The largest absolute Gasteiger partial charge is 0.327 e. The van der Waals surface area contributed by atoms with E-state index < -0.39 is 0 Å². The second-order valence-electron chi connectivity index (χ2n) is 6.21. The summed E-state index contributed by atoms with van der Waals surface area (Å²) in [7, 11) is 0. The molecule has 2 aliphatic rings. The molecule has 2 N–H and O–H groups in total. The Morgan fingerprint density at radius 2 is 1.76 bits per heavy atom. The van der Waals surface area contributed by atoms with Gasteiger partial charge in [-0.05, 0) is 65.5 Å². The van der Waals surface area contributed by atoms with Gasteiger partial charge in [0.15, 0.2) is 0 Å². The predicted molar refractivity (Wildman–Crippen MR) is 107 cm³/mol. The minimum atomic E-state index is -0.147. The summed E-state index contributed by atoms with van der Waals surface area (Å²) in [6.07, 6.45) is 4.04. The van der Waals surface area contributed by atoms with E-state index in [1.165, 1.54) is 11.1 Å². The van der Waals surface area contributed by atoms with Crippen LogP contribution in [0.3, 0.4) is 0 Å². The van der Waals surface area contributed by atoms with Gasteiger partial charge in [-0.25, -0.2) is 4.79 Å². The van der Waals surface area contributed by atoms with Crippen LogP contribution in [0, 0.1) is 0 Å². The van der Waals surface area contributed by atoms with Crippen LogP contribution in [0.4, 0.5) is 4.79 Å². The minimum absolute atomic E-state index is 0.0744. The molecule has 1 heterocycles. The Bertz CT molecular complexity index is 917. The van der Waals surface area contributed by atoms with Gasteiger partial charge in [-0.3, -0.25) is 0 Å². The first-order valence-corrected chi connectivity index (χ1v) is 9.71. The first-order valence-electron chi connectivity index (χ1n) is 8.13. The quantitative estimate of drug-likeness (QED) is 0.594. The van der Waals surface area contributed by atoms with Gasteiger partial charge in [0.25, 0.3) is 0 Å². The van der Waals surface area contributed by atoms with Crippen molar-refractivity contribution in [3.05, 3.63) is 85.4 Å². The van der Waals surface area contributed by atoms with E-state index in [4.69, 9.17) is 0 Å². The van der Waals surface area contributed by atoms with Crippen LogP contribution in [0.5, 0.6) is 0 Å². The second-order valence-corrected chi connectivity index (χ2v) is 8.04. The number of urea groups is 1. The summed E-state index contributed by atoms with van der Waals surface area (Å²) >= 11 is 7.03. The molecule has 2 aromatic carbocycles. The normalized spacial score (nSPS) is 21.1. The molecule has 0 saturated carbocycles. The van der Waals surface area contributed by atoms with Gasteiger partial charge in [0, 0.05) is 14.6 Å². The maximum absolute atomic E-state index is 12.2. The van der Waals surface area contributed by atoms with Gasteiger partial charge in [0.2, 0.25) is 0 Å². The highest BCUT2D eigenvalue weighted by Gasteiger charge is 2.33. The summed E-state index contributed by atoms with van der Waals surface area (Å²) in [5, 5.41) is 6.08. The zero-order valence-corrected chi connectivity index (χ0v) is 16.5. The SMILES string of the molecule is O=C1NC2=C(CC/C2=C\c2cccc(Br)c2)C(c2cccc(Br)c2)N1. The second kappa shape index (κ2) is 6.81. The molecule has 1 aliphatic carbocycles. The molecule has 1 unspecified atom stereocenters. The number of hydrogen-bond donors (Lipinski definition) is 2. The van der Waals surface area contributed by atoms with E-state index in [9.17, 15) is 4.79 Å². The molecule has 3 nitrogen and oxygen atoms in total. The summed E-state index contributed by atoms with van der Waals surface area (Å²) < 4.78 is 2.07. The Kier molecular flexibility index (Phi) is 4.52. The van der Waals surface area contributed by atoms with Crippen molar-refractivity contribution >= 4 is 44.0 Å². The Hall–Kier alpha value is -1.85. The fraction of sp³-hybridized carbons (Fsp3) is 0.150. The molecule has 1 atom stereocenters. The van der Waals surface area contributed by atoms with Gasteiger partial charge in [0.1, 0.15) is 0 Å². The summed E-state index contributed by atoms with van der Waals surface area (Å²) in [6, 6.07) is 16.1. The van der Waals surface area contributed by atoms with Crippen LogP contribution >= 0.6 is 31.9 Å². The molecule has 0 bridgehead atoms. The average Bonchev–Trinajstić information content (AvgIpc) is 2.97. The van der Waals surface area contributed by atoms with Crippen molar-refractivity contribution in [1.82, 2.24) is 10.6 Å². The fourth-order valence-corrected chi connectivity index (χ4v) is 4.29. The number of carbonyl (C=O) groups excluding carboxylic acids is 1. The lowest BCUT2D eigenvalue weighted by molar-refractivity contribution is 0.239. The lowest BCUT2D eigenvalue weighted by Gasteiger charge is -2.27. The third-order valence-corrected chi connectivity index (χ3v) is 5.53. The summed E-state index contributed by atoms with van der Waals surface area (Å²) in [5.41, 5.74) is 5.64. The average molecular weight is 460 g/mol. The van der Waals surface area contributed by atoms with E-state index in [0.29, 0.717) is 0 Å². The maximum atomic E-state index is 12.2. The minimum Gasteiger partial charge on any atom is -0.327 e. The van der Waals surface area contributed by atoms with Crippen LogP contribution in [0.2, 0.25) is 0 Å². The van der Waals surface area contributed by atoms with Crippen LogP contribution in [-0.2, 0) is 0 Å². The van der Waals surface area contributed by atoms with Crippen molar-refractivity contribution in [2.45, 2.75) is 18.9 Å². The van der Waals surface area contributed by atoms with Gasteiger partial charge in [-0.1, -0.05) is 56.1 Å². The van der Waals surface area contributed by atoms with Crippen LogP contribution < -0.4 is 10.6 Å². The monoisotopic (exact) mass is 458 g/mol. The number of halogens is 2. The molecule has 0 spiro atoms. The van der Waals surface area contributed by atoms with E-state index in [-0.39, 0.29) is 12.1 Å². The number of hydrogen-bond acceptors (Lipinski definition) is 1. The van der Waals surface area contributed by atoms with Gasteiger partial charge in [-0.2, -0.15) is 0 Å². The number of benzene rings is 2. The molecular formula is C20H16Br2N2O. The molecule has 25 heavy (non-hydrogen) atoms. The Labute approximate surface area is 163 Å². The summed E-state index contributed by atoms with van der Waals surface area (Å²) in [5.74, 6) is 0. The lowest BCUT2D eigenvalue weighted by atomic mass is 9.96. The molecule has 0 aromatic heterocycles. The number of nitrogens with one attached hydrogen (secondary N) is 2. The molecule has 4 rings (SSSR count). The van der Waals surface area contributed by atoms with Crippen molar-refractivity contribution < 1.29 is 4.79 Å². The third kappa shape index (κ3) is 3.44. The number of rotatable bonds is 2. The number of allylic oxidation sites excluding steroid dienone is 1. The molecule has 1 aliphatic heterocycles. The topological polar surface area (TPSA) is 41.1 Å². The Balaban J connectivity index is 1.74. The van der Waals surface area contributed by atoms with Crippen LogP contribution in [-0.4, -0.2) is 6.03 Å². The summed E-state index contributed by atoms with van der Waals surface area (Å²) in [4.78, 5) is 12.2. The Morgan fingerprint density at radius 1 is 1.00 bits per heavy atom. The summed E-state index contributed by atoms with van der Waals surface area (Å²) in [6.45, 7) is 0. The zero-order valence-electron chi connectivity index (χ0n) is 13.4.